The summed E-state index contributed by atoms with van der Waals surface area (Å²) in [6, 6.07) is 0. The lowest BCUT2D eigenvalue weighted by molar-refractivity contribution is 0.0591. The van der Waals surface area contributed by atoms with Crippen molar-refractivity contribution in [2.75, 3.05) is 38.8 Å². The van der Waals surface area contributed by atoms with Crippen LogP contribution < -0.4 is 4.90 Å². The van der Waals surface area contributed by atoms with Crippen LogP contribution in [0.1, 0.15) is 40.9 Å². The molecule has 118 valence electrons. The molecule has 0 unspecified atom stereocenters. The molecule has 0 aliphatic carbocycles. The minimum atomic E-state index is -0.584. The summed E-state index contributed by atoms with van der Waals surface area (Å²) in [5, 5.41) is 0.645. The van der Waals surface area contributed by atoms with Gasteiger partial charge in [-0.25, -0.2) is 9.78 Å². The topological polar surface area (TPSA) is 68.7 Å². The van der Waals surface area contributed by atoms with E-state index in [-0.39, 0.29) is 11.5 Å². The number of aromatic nitrogens is 1. The lowest BCUT2D eigenvalue weighted by Crippen LogP contribution is -2.30. The molecule has 1 aromatic rings. The van der Waals surface area contributed by atoms with Crippen molar-refractivity contribution in [1.82, 2.24) is 4.98 Å². The van der Waals surface area contributed by atoms with Crippen molar-refractivity contribution in [3.8, 4) is 0 Å². The molecule has 7 heteroatoms. The van der Waals surface area contributed by atoms with Crippen molar-refractivity contribution in [3.63, 3.8) is 0 Å². The third-order valence-electron chi connectivity index (χ3n) is 2.74. The molecule has 0 aromatic carbocycles. The molecule has 1 aromatic heterocycles. The third-order valence-corrected chi connectivity index (χ3v) is 3.95. The zero-order valence-corrected chi connectivity index (χ0v) is 14.0. The zero-order valence-electron chi connectivity index (χ0n) is 13.1. The van der Waals surface area contributed by atoms with Gasteiger partial charge in [0.25, 0.3) is 0 Å². The Kier molecular flexibility index (Phi) is 6.77. The van der Waals surface area contributed by atoms with Crippen LogP contribution in [-0.4, -0.2) is 50.7 Å². The summed E-state index contributed by atoms with van der Waals surface area (Å²) < 4.78 is 9.80. The number of nitrogens with zero attached hydrogens (tertiary/aromatic N) is 2. The maximum absolute atomic E-state index is 11.7. The number of Topliss-reactive ketones (excluding diaryl/α,β-unsaturated/α-hetero) is 1. The summed E-state index contributed by atoms with van der Waals surface area (Å²) >= 11 is 1.22. The molecule has 0 atom stereocenters. The second-order valence-corrected chi connectivity index (χ2v) is 6.03. The Hall–Kier alpha value is -1.47. The lowest BCUT2D eigenvalue weighted by atomic mass is 10.2. The molecule has 0 spiro atoms. The Morgan fingerprint density at radius 1 is 1.33 bits per heavy atom. The molecule has 1 heterocycles. The number of anilines is 1. The van der Waals surface area contributed by atoms with Gasteiger partial charge in [0.05, 0.1) is 13.7 Å². The molecular formula is C14H22N2O4S. The van der Waals surface area contributed by atoms with Crippen LogP contribution in [0.5, 0.6) is 0 Å². The number of thiazole rings is 1. The van der Waals surface area contributed by atoms with E-state index in [2.05, 4.69) is 18.8 Å². The van der Waals surface area contributed by atoms with Gasteiger partial charge in [-0.15, -0.1) is 0 Å². The number of carbonyl (C=O) groups is 2. The minimum Gasteiger partial charge on any atom is -0.464 e. The van der Waals surface area contributed by atoms with Crippen molar-refractivity contribution in [3.05, 3.63) is 10.6 Å². The van der Waals surface area contributed by atoms with E-state index >= 15 is 0 Å². The average molecular weight is 314 g/mol. The van der Waals surface area contributed by atoms with Crippen LogP contribution in [0.2, 0.25) is 0 Å². The first-order valence-corrected chi connectivity index (χ1v) is 7.56. The summed E-state index contributed by atoms with van der Waals surface area (Å²) in [6.45, 7) is 7.59. The number of ketones is 1. The third kappa shape index (κ3) is 4.78. The SMILES string of the molecule is COCCN(CC(C)C)c1nc(C(=O)OC)c(C(C)=O)s1. The molecule has 0 aliphatic heterocycles. The lowest BCUT2D eigenvalue weighted by Gasteiger charge is -2.23. The highest BCUT2D eigenvalue weighted by atomic mass is 32.1. The molecule has 6 nitrogen and oxygen atoms in total. The van der Waals surface area contributed by atoms with Gasteiger partial charge in [0.1, 0.15) is 4.88 Å². The Labute approximate surface area is 129 Å². The predicted molar refractivity (Wildman–Crippen MR) is 82.4 cm³/mol. The largest absolute Gasteiger partial charge is 0.464 e. The summed E-state index contributed by atoms with van der Waals surface area (Å²) in [6.07, 6.45) is 0. The van der Waals surface area contributed by atoms with Crippen LogP contribution in [0.15, 0.2) is 0 Å². The second kappa shape index (κ2) is 8.09. The summed E-state index contributed by atoms with van der Waals surface area (Å²) in [5.41, 5.74) is 0.0937. The number of esters is 1. The molecule has 0 fully saturated rings. The van der Waals surface area contributed by atoms with E-state index in [0.29, 0.717) is 29.1 Å². The van der Waals surface area contributed by atoms with E-state index in [0.717, 1.165) is 6.54 Å². The second-order valence-electron chi connectivity index (χ2n) is 5.05. The first kappa shape index (κ1) is 17.6. The molecule has 0 saturated heterocycles. The molecular weight excluding hydrogens is 292 g/mol. The molecule has 0 bridgehead atoms. The van der Waals surface area contributed by atoms with E-state index in [1.54, 1.807) is 7.11 Å². The standard InChI is InChI=1S/C14H22N2O4S/c1-9(2)8-16(6-7-19-4)14-15-11(13(18)20-5)12(21-14)10(3)17/h9H,6-8H2,1-5H3. The van der Waals surface area contributed by atoms with Crippen molar-refractivity contribution >= 4 is 28.2 Å². The maximum Gasteiger partial charge on any atom is 0.358 e. The van der Waals surface area contributed by atoms with Crippen LogP contribution in [-0.2, 0) is 9.47 Å². The number of hydrogen-bond acceptors (Lipinski definition) is 7. The molecule has 1 rings (SSSR count). The fraction of sp³-hybridized carbons (Fsp3) is 0.643. The van der Waals surface area contributed by atoms with Crippen LogP contribution in [0, 0.1) is 5.92 Å². The molecule has 0 radical (unpaired) electrons. The van der Waals surface area contributed by atoms with Gasteiger partial charge in [-0.2, -0.15) is 0 Å². The van der Waals surface area contributed by atoms with Crippen molar-refractivity contribution in [2.24, 2.45) is 5.92 Å². The van der Waals surface area contributed by atoms with Crippen molar-refractivity contribution in [2.45, 2.75) is 20.8 Å². The van der Waals surface area contributed by atoms with Gasteiger partial charge in [-0.05, 0) is 5.92 Å². The van der Waals surface area contributed by atoms with Crippen LogP contribution in [0.25, 0.3) is 0 Å². The van der Waals surface area contributed by atoms with Crippen molar-refractivity contribution < 1.29 is 19.1 Å². The average Bonchev–Trinajstić information content (AvgIpc) is 2.87. The fourth-order valence-corrected chi connectivity index (χ4v) is 2.81. The van der Waals surface area contributed by atoms with Crippen LogP contribution in [0.3, 0.4) is 0 Å². The minimum absolute atomic E-state index is 0.0937. The first-order valence-electron chi connectivity index (χ1n) is 6.74. The predicted octanol–water partition coefficient (Wildman–Crippen LogP) is 2.24. The van der Waals surface area contributed by atoms with Crippen molar-refractivity contribution in [1.29, 1.82) is 0 Å². The molecule has 21 heavy (non-hydrogen) atoms. The fourth-order valence-electron chi connectivity index (χ4n) is 1.83. The Bertz CT molecular complexity index is 499. The van der Waals surface area contributed by atoms with Crippen LogP contribution in [0.4, 0.5) is 5.13 Å². The van der Waals surface area contributed by atoms with Gasteiger partial charge in [-0.3, -0.25) is 4.79 Å². The van der Waals surface area contributed by atoms with Crippen LogP contribution >= 0.6 is 11.3 Å². The number of carbonyl (C=O) groups excluding carboxylic acids is 2. The summed E-state index contributed by atoms with van der Waals surface area (Å²) in [4.78, 5) is 30.1. The number of hydrogen-bond donors (Lipinski definition) is 0. The normalized spacial score (nSPS) is 10.8. The molecule has 0 saturated carbocycles. The quantitative estimate of drug-likeness (QED) is 0.541. The van der Waals surface area contributed by atoms with E-state index in [1.165, 1.54) is 25.4 Å². The van der Waals surface area contributed by atoms with Gasteiger partial charge in [0.2, 0.25) is 0 Å². The van der Waals surface area contributed by atoms with E-state index in [1.807, 2.05) is 4.90 Å². The first-order chi connectivity index (χ1) is 9.90. The molecule has 0 amide bonds. The highest BCUT2D eigenvalue weighted by Gasteiger charge is 2.24. The van der Waals surface area contributed by atoms with Gasteiger partial charge < -0.3 is 14.4 Å². The van der Waals surface area contributed by atoms with Gasteiger partial charge in [0.15, 0.2) is 16.6 Å². The Balaban J connectivity index is 3.13. The molecule has 0 N–H and O–H groups in total. The highest BCUT2D eigenvalue weighted by molar-refractivity contribution is 7.17. The maximum atomic E-state index is 11.7. The zero-order chi connectivity index (χ0) is 16.0. The summed E-state index contributed by atoms with van der Waals surface area (Å²) in [7, 11) is 2.92. The Morgan fingerprint density at radius 3 is 2.48 bits per heavy atom. The van der Waals surface area contributed by atoms with Gasteiger partial charge in [-0.1, -0.05) is 25.2 Å². The smallest absolute Gasteiger partial charge is 0.358 e. The van der Waals surface area contributed by atoms with Gasteiger partial charge >= 0.3 is 5.97 Å². The van der Waals surface area contributed by atoms with E-state index in [9.17, 15) is 9.59 Å². The number of ether oxygens (including phenoxy) is 2. The monoisotopic (exact) mass is 314 g/mol. The van der Waals surface area contributed by atoms with Gasteiger partial charge in [0, 0.05) is 27.1 Å². The Morgan fingerprint density at radius 2 is 2.00 bits per heavy atom. The molecule has 0 aliphatic rings. The number of methoxy groups -OCH3 is 2. The number of rotatable bonds is 8. The summed E-state index contributed by atoms with van der Waals surface area (Å²) in [5.74, 6) is -0.345. The van der Waals surface area contributed by atoms with E-state index < -0.39 is 5.97 Å². The van der Waals surface area contributed by atoms with E-state index in [4.69, 9.17) is 9.47 Å². The highest BCUT2D eigenvalue weighted by Crippen LogP contribution is 2.28.